The smallest absolute Gasteiger partial charge is 0.227 e. The quantitative estimate of drug-likeness (QED) is 0.675. The van der Waals surface area contributed by atoms with Crippen LogP contribution in [0.15, 0.2) is 54.6 Å². The maximum atomic E-state index is 12.6. The summed E-state index contributed by atoms with van der Waals surface area (Å²) in [6.45, 7) is 0. The van der Waals surface area contributed by atoms with Gasteiger partial charge in [0.2, 0.25) is 5.91 Å². The second-order valence-electron chi connectivity index (χ2n) is 6.68. The molecule has 3 aromatic rings. The van der Waals surface area contributed by atoms with E-state index in [-0.39, 0.29) is 17.9 Å². The van der Waals surface area contributed by atoms with Crippen LogP contribution < -0.4 is 11.1 Å². The lowest BCUT2D eigenvalue weighted by molar-refractivity contribution is -0.119. The fourth-order valence-electron chi connectivity index (χ4n) is 3.39. The first kappa shape index (κ1) is 16.5. The Morgan fingerprint density at radius 3 is 2.62 bits per heavy atom. The third-order valence-electron chi connectivity index (χ3n) is 4.80. The minimum absolute atomic E-state index is 0.0207. The number of anilines is 1. The summed E-state index contributed by atoms with van der Waals surface area (Å²) < 4.78 is 0. The normalized spacial score (nSPS) is 19.4. The fraction of sp³-hybridized carbons (Fsp3) is 0.250. The van der Waals surface area contributed by atoms with E-state index in [0.717, 1.165) is 36.1 Å². The maximum Gasteiger partial charge on any atom is 0.227 e. The number of aromatic amines is 1. The van der Waals surface area contributed by atoms with Crippen LogP contribution in [0.1, 0.15) is 19.3 Å². The third kappa shape index (κ3) is 3.36. The fourth-order valence-corrected chi connectivity index (χ4v) is 3.39. The van der Waals surface area contributed by atoms with Gasteiger partial charge in [-0.3, -0.25) is 9.89 Å². The first-order valence-corrected chi connectivity index (χ1v) is 8.84. The monoisotopic (exact) mass is 347 g/mol. The average molecular weight is 347 g/mol. The van der Waals surface area contributed by atoms with Gasteiger partial charge in [0.25, 0.3) is 0 Å². The number of nitrogens with one attached hydrogen (secondary N) is 2. The number of aromatic nitrogens is 3. The largest absolute Gasteiger partial charge is 0.328 e. The summed E-state index contributed by atoms with van der Waals surface area (Å²) in [6, 6.07) is 17.5. The number of para-hydroxylation sites is 1. The molecule has 26 heavy (non-hydrogen) atoms. The molecule has 0 aliphatic heterocycles. The van der Waals surface area contributed by atoms with E-state index in [1.54, 1.807) is 0 Å². The van der Waals surface area contributed by atoms with Crippen LogP contribution >= 0.6 is 0 Å². The maximum absolute atomic E-state index is 12.6. The van der Waals surface area contributed by atoms with E-state index in [0.29, 0.717) is 11.6 Å². The first-order valence-electron chi connectivity index (χ1n) is 8.84. The van der Waals surface area contributed by atoms with Crippen LogP contribution in [-0.2, 0) is 4.79 Å². The highest BCUT2D eigenvalue weighted by atomic mass is 16.1. The van der Waals surface area contributed by atoms with Gasteiger partial charge in [0.1, 0.15) is 0 Å². The van der Waals surface area contributed by atoms with Crippen LogP contribution in [0.25, 0.3) is 22.8 Å². The van der Waals surface area contributed by atoms with Crippen molar-refractivity contribution in [2.24, 2.45) is 11.7 Å². The van der Waals surface area contributed by atoms with Crippen LogP contribution in [0.4, 0.5) is 5.69 Å². The molecule has 2 aromatic carbocycles. The van der Waals surface area contributed by atoms with Crippen LogP contribution in [0.2, 0.25) is 0 Å². The Morgan fingerprint density at radius 1 is 1.08 bits per heavy atom. The number of hydrogen-bond acceptors (Lipinski definition) is 4. The van der Waals surface area contributed by atoms with E-state index in [9.17, 15) is 4.79 Å². The van der Waals surface area contributed by atoms with Crippen molar-refractivity contribution < 1.29 is 4.79 Å². The molecule has 1 aromatic heterocycles. The van der Waals surface area contributed by atoms with Gasteiger partial charge in [0.15, 0.2) is 11.6 Å². The van der Waals surface area contributed by atoms with Gasteiger partial charge in [-0.1, -0.05) is 42.5 Å². The predicted octanol–water partition coefficient (Wildman–Crippen LogP) is 3.20. The molecule has 1 fully saturated rings. The standard InChI is InChI=1S/C20H21N5O/c21-15-11-10-14(12-15)20(26)22-17-9-5-4-8-16(17)19-23-18(24-25-19)13-6-2-1-3-7-13/h1-9,14-15H,10-12,21H2,(H,22,26)(H,23,24,25). The summed E-state index contributed by atoms with van der Waals surface area (Å²) in [5, 5.41) is 10.3. The van der Waals surface area contributed by atoms with Crippen molar-refractivity contribution in [2.75, 3.05) is 5.32 Å². The highest BCUT2D eigenvalue weighted by Crippen LogP contribution is 2.29. The predicted molar refractivity (Wildman–Crippen MR) is 101 cm³/mol. The van der Waals surface area contributed by atoms with Gasteiger partial charge in [-0.05, 0) is 31.4 Å². The molecule has 1 heterocycles. The van der Waals surface area contributed by atoms with Gasteiger partial charge >= 0.3 is 0 Å². The van der Waals surface area contributed by atoms with Crippen LogP contribution in [-0.4, -0.2) is 27.1 Å². The molecule has 6 heteroatoms. The SMILES string of the molecule is NC1CCC(C(=O)Nc2ccccc2-c2nc(-c3ccccc3)n[nH]2)C1. The van der Waals surface area contributed by atoms with Gasteiger partial charge in [-0.2, -0.15) is 5.10 Å². The molecular formula is C20H21N5O. The number of hydrogen-bond donors (Lipinski definition) is 3. The van der Waals surface area contributed by atoms with E-state index in [2.05, 4.69) is 20.5 Å². The average Bonchev–Trinajstić information content (AvgIpc) is 3.32. The molecule has 6 nitrogen and oxygen atoms in total. The molecule has 0 bridgehead atoms. The van der Waals surface area contributed by atoms with Gasteiger partial charge in [-0.15, -0.1) is 0 Å². The Balaban J connectivity index is 1.58. The van der Waals surface area contributed by atoms with Crippen molar-refractivity contribution in [1.29, 1.82) is 0 Å². The molecule has 1 aliphatic rings. The van der Waals surface area contributed by atoms with Gasteiger partial charge in [0, 0.05) is 23.1 Å². The van der Waals surface area contributed by atoms with Crippen LogP contribution in [0.3, 0.4) is 0 Å². The molecule has 132 valence electrons. The summed E-state index contributed by atoms with van der Waals surface area (Å²) in [6.07, 6.45) is 2.49. The zero-order valence-corrected chi connectivity index (χ0v) is 14.4. The number of rotatable bonds is 4. The van der Waals surface area contributed by atoms with Crippen molar-refractivity contribution in [3.8, 4) is 22.8 Å². The minimum atomic E-state index is -0.0207. The minimum Gasteiger partial charge on any atom is -0.328 e. The summed E-state index contributed by atoms with van der Waals surface area (Å²) in [4.78, 5) is 17.1. The number of H-pyrrole nitrogens is 1. The highest BCUT2D eigenvalue weighted by Gasteiger charge is 2.28. The zero-order chi connectivity index (χ0) is 17.9. The topological polar surface area (TPSA) is 96.7 Å². The Labute approximate surface area is 151 Å². The van der Waals surface area contributed by atoms with Crippen molar-refractivity contribution >= 4 is 11.6 Å². The summed E-state index contributed by atoms with van der Waals surface area (Å²) in [7, 11) is 0. The molecule has 1 amide bonds. The molecule has 1 aliphatic carbocycles. The Morgan fingerprint density at radius 2 is 1.85 bits per heavy atom. The lowest BCUT2D eigenvalue weighted by atomic mass is 10.1. The molecule has 2 atom stereocenters. The molecule has 2 unspecified atom stereocenters. The molecule has 0 radical (unpaired) electrons. The summed E-state index contributed by atoms with van der Waals surface area (Å²) in [5.74, 6) is 1.26. The second-order valence-corrected chi connectivity index (χ2v) is 6.68. The summed E-state index contributed by atoms with van der Waals surface area (Å²) in [5.41, 5.74) is 8.42. The second kappa shape index (κ2) is 7.09. The van der Waals surface area contributed by atoms with Crippen molar-refractivity contribution in [3.63, 3.8) is 0 Å². The molecule has 1 saturated carbocycles. The number of carbonyl (C=O) groups is 1. The molecule has 4 rings (SSSR count). The van der Waals surface area contributed by atoms with Crippen molar-refractivity contribution in [1.82, 2.24) is 15.2 Å². The van der Waals surface area contributed by atoms with Gasteiger partial charge in [-0.25, -0.2) is 4.98 Å². The number of nitrogens with zero attached hydrogens (tertiary/aromatic N) is 2. The number of carbonyl (C=O) groups excluding carboxylic acids is 1. The lowest BCUT2D eigenvalue weighted by Gasteiger charge is -2.13. The van der Waals surface area contributed by atoms with Gasteiger partial charge in [0.05, 0.1) is 5.69 Å². The van der Waals surface area contributed by atoms with E-state index >= 15 is 0 Å². The first-order chi connectivity index (χ1) is 12.7. The number of benzene rings is 2. The lowest BCUT2D eigenvalue weighted by Crippen LogP contribution is -2.23. The Bertz CT molecular complexity index is 905. The third-order valence-corrected chi connectivity index (χ3v) is 4.80. The van der Waals surface area contributed by atoms with Crippen molar-refractivity contribution in [3.05, 3.63) is 54.6 Å². The Hall–Kier alpha value is -2.99. The summed E-state index contributed by atoms with van der Waals surface area (Å²) >= 11 is 0. The number of amides is 1. The molecular weight excluding hydrogens is 326 g/mol. The van der Waals surface area contributed by atoms with Crippen molar-refractivity contribution in [2.45, 2.75) is 25.3 Å². The highest BCUT2D eigenvalue weighted by molar-refractivity contribution is 5.96. The Kier molecular flexibility index (Phi) is 4.50. The zero-order valence-electron chi connectivity index (χ0n) is 14.4. The van der Waals surface area contributed by atoms with E-state index in [1.165, 1.54) is 0 Å². The molecule has 0 spiro atoms. The van der Waals surface area contributed by atoms with E-state index in [1.807, 2.05) is 54.6 Å². The van der Waals surface area contributed by atoms with Crippen LogP contribution in [0.5, 0.6) is 0 Å². The van der Waals surface area contributed by atoms with Crippen LogP contribution in [0, 0.1) is 5.92 Å². The van der Waals surface area contributed by atoms with E-state index in [4.69, 9.17) is 5.73 Å². The van der Waals surface area contributed by atoms with E-state index < -0.39 is 0 Å². The molecule has 0 saturated heterocycles. The van der Waals surface area contributed by atoms with Gasteiger partial charge < -0.3 is 11.1 Å². The molecule has 4 N–H and O–H groups in total. The number of nitrogens with two attached hydrogens (primary N) is 1.